The number of nitrogens with one attached hydrogen (secondary N) is 1. The van der Waals surface area contributed by atoms with E-state index in [4.69, 9.17) is 8.83 Å². The summed E-state index contributed by atoms with van der Waals surface area (Å²) in [5.74, 6) is -0.585. The summed E-state index contributed by atoms with van der Waals surface area (Å²) in [6, 6.07) is 7.39. The summed E-state index contributed by atoms with van der Waals surface area (Å²) in [6.07, 6.45) is 0.673. The molecule has 8 nitrogen and oxygen atoms in total. The number of aryl methyl sites for hydroxylation is 1. The van der Waals surface area contributed by atoms with E-state index in [-0.39, 0.29) is 5.76 Å². The van der Waals surface area contributed by atoms with Gasteiger partial charge in [0.2, 0.25) is 0 Å². The fraction of sp³-hybridized carbons (Fsp3) is 0.143. The number of benzene rings is 1. The molecule has 1 N–H and O–H groups in total. The van der Waals surface area contributed by atoms with Gasteiger partial charge in [-0.25, -0.2) is 4.98 Å². The van der Waals surface area contributed by atoms with E-state index >= 15 is 0 Å². The Hall–Kier alpha value is -3.16. The molecule has 0 fully saturated rings. The zero-order valence-corrected chi connectivity index (χ0v) is 11.5. The van der Waals surface area contributed by atoms with Gasteiger partial charge in [-0.2, -0.15) is 0 Å². The van der Waals surface area contributed by atoms with Gasteiger partial charge in [-0.05, 0) is 24.3 Å². The van der Waals surface area contributed by atoms with E-state index in [1.54, 1.807) is 18.2 Å². The van der Waals surface area contributed by atoms with Crippen LogP contribution in [0.5, 0.6) is 0 Å². The molecule has 0 aliphatic heterocycles. The van der Waals surface area contributed by atoms with Gasteiger partial charge >= 0.3 is 5.88 Å². The Morgan fingerprint density at radius 3 is 2.82 bits per heavy atom. The smallest absolute Gasteiger partial charge is 0.433 e. The fourth-order valence-corrected chi connectivity index (χ4v) is 1.94. The maximum atomic E-state index is 12.0. The molecule has 112 valence electrons. The van der Waals surface area contributed by atoms with Crippen molar-refractivity contribution in [3.05, 3.63) is 52.1 Å². The molecule has 3 rings (SSSR count). The monoisotopic (exact) mass is 301 g/mol. The average molecular weight is 301 g/mol. The first-order valence-electron chi connectivity index (χ1n) is 6.52. The minimum Gasteiger partial charge on any atom is -0.441 e. The Bertz CT molecular complexity index is 864. The van der Waals surface area contributed by atoms with Gasteiger partial charge in [-0.15, -0.1) is 0 Å². The number of carbonyl (C=O) groups is 1. The third-order valence-electron chi connectivity index (χ3n) is 2.99. The Morgan fingerprint density at radius 1 is 1.32 bits per heavy atom. The second-order valence-corrected chi connectivity index (χ2v) is 4.49. The van der Waals surface area contributed by atoms with Gasteiger partial charge in [0.1, 0.15) is 10.4 Å². The summed E-state index contributed by atoms with van der Waals surface area (Å²) in [5, 5.41) is 13.1. The van der Waals surface area contributed by atoms with Crippen LogP contribution >= 0.6 is 0 Å². The van der Waals surface area contributed by atoms with Crippen LogP contribution in [0, 0.1) is 10.1 Å². The van der Waals surface area contributed by atoms with Crippen LogP contribution in [-0.4, -0.2) is 15.8 Å². The third kappa shape index (κ3) is 2.53. The Morgan fingerprint density at radius 2 is 2.14 bits per heavy atom. The zero-order valence-electron chi connectivity index (χ0n) is 11.5. The molecule has 0 saturated carbocycles. The van der Waals surface area contributed by atoms with Crippen molar-refractivity contribution in [2.45, 2.75) is 13.3 Å². The predicted octanol–water partition coefficient (Wildman–Crippen LogP) is 3.14. The van der Waals surface area contributed by atoms with Gasteiger partial charge in [-0.3, -0.25) is 14.9 Å². The number of nitro groups is 1. The van der Waals surface area contributed by atoms with E-state index in [0.29, 0.717) is 29.1 Å². The molecule has 3 aromatic rings. The first-order chi connectivity index (χ1) is 10.6. The number of amides is 1. The van der Waals surface area contributed by atoms with Gasteiger partial charge < -0.3 is 14.2 Å². The molecule has 8 heteroatoms. The van der Waals surface area contributed by atoms with Crippen molar-refractivity contribution in [3.63, 3.8) is 0 Å². The number of furan rings is 1. The Balaban J connectivity index is 1.82. The molecular formula is C14H11N3O5. The lowest BCUT2D eigenvalue weighted by Gasteiger charge is -2.01. The summed E-state index contributed by atoms with van der Waals surface area (Å²) in [5.41, 5.74) is 1.75. The zero-order chi connectivity index (χ0) is 15.7. The molecule has 2 aromatic heterocycles. The largest absolute Gasteiger partial charge is 0.441 e. The summed E-state index contributed by atoms with van der Waals surface area (Å²) >= 11 is 0. The lowest BCUT2D eigenvalue weighted by molar-refractivity contribution is -0.402. The molecule has 0 unspecified atom stereocenters. The molecular weight excluding hydrogens is 290 g/mol. The quantitative estimate of drug-likeness (QED) is 0.585. The lowest BCUT2D eigenvalue weighted by Crippen LogP contribution is -2.10. The van der Waals surface area contributed by atoms with Gasteiger partial charge in [0.15, 0.2) is 17.2 Å². The third-order valence-corrected chi connectivity index (χ3v) is 2.99. The minimum atomic E-state index is -0.704. The molecule has 0 aliphatic carbocycles. The van der Waals surface area contributed by atoms with Crippen molar-refractivity contribution >= 4 is 28.6 Å². The van der Waals surface area contributed by atoms with Crippen molar-refractivity contribution in [1.29, 1.82) is 0 Å². The second kappa shape index (κ2) is 5.32. The maximum absolute atomic E-state index is 12.0. The molecule has 0 radical (unpaired) electrons. The fourth-order valence-electron chi connectivity index (χ4n) is 1.94. The van der Waals surface area contributed by atoms with E-state index in [0.717, 1.165) is 6.07 Å². The number of anilines is 1. The normalized spacial score (nSPS) is 10.8. The molecule has 0 saturated heterocycles. The molecule has 0 spiro atoms. The maximum Gasteiger partial charge on any atom is 0.433 e. The molecule has 0 bridgehead atoms. The van der Waals surface area contributed by atoms with Crippen molar-refractivity contribution in [3.8, 4) is 0 Å². The first kappa shape index (κ1) is 13.8. The van der Waals surface area contributed by atoms with Crippen molar-refractivity contribution < 1.29 is 18.6 Å². The Labute approximate surface area is 123 Å². The van der Waals surface area contributed by atoms with Crippen molar-refractivity contribution in [2.75, 3.05) is 5.32 Å². The van der Waals surface area contributed by atoms with E-state index in [1.165, 1.54) is 6.07 Å². The predicted molar refractivity (Wildman–Crippen MR) is 76.7 cm³/mol. The van der Waals surface area contributed by atoms with Crippen LogP contribution in [-0.2, 0) is 6.42 Å². The number of nitrogens with zero attached hydrogens (tertiary/aromatic N) is 2. The van der Waals surface area contributed by atoms with Crippen LogP contribution in [0.1, 0.15) is 23.4 Å². The SMILES string of the molecule is CCc1nc2cc(NC(=O)c3ccc([N+](=O)[O-])o3)ccc2o1. The van der Waals surface area contributed by atoms with Crippen LogP contribution in [0.25, 0.3) is 11.1 Å². The van der Waals surface area contributed by atoms with Crippen LogP contribution in [0.4, 0.5) is 11.6 Å². The second-order valence-electron chi connectivity index (χ2n) is 4.49. The van der Waals surface area contributed by atoms with Gasteiger partial charge in [0.05, 0.1) is 6.07 Å². The molecule has 0 aliphatic rings. The molecule has 2 heterocycles. The van der Waals surface area contributed by atoms with Crippen LogP contribution in [0.2, 0.25) is 0 Å². The first-order valence-corrected chi connectivity index (χ1v) is 6.52. The van der Waals surface area contributed by atoms with Crippen molar-refractivity contribution in [1.82, 2.24) is 4.98 Å². The average Bonchev–Trinajstić information content (AvgIpc) is 3.13. The van der Waals surface area contributed by atoms with Crippen LogP contribution in [0.15, 0.2) is 39.2 Å². The number of aromatic nitrogens is 1. The highest BCUT2D eigenvalue weighted by molar-refractivity contribution is 6.03. The van der Waals surface area contributed by atoms with Gasteiger partial charge in [0.25, 0.3) is 5.91 Å². The topological polar surface area (TPSA) is 111 Å². The Kier molecular flexibility index (Phi) is 3.34. The van der Waals surface area contributed by atoms with E-state index < -0.39 is 16.7 Å². The number of oxazole rings is 1. The van der Waals surface area contributed by atoms with Gasteiger partial charge in [0, 0.05) is 12.1 Å². The van der Waals surface area contributed by atoms with Gasteiger partial charge in [-0.1, -0.05) is 6.92 Å². The van der Waals surface area contributed by atoms with E-state index in [1.807, 2.05) is 6.92 Å². The lowest BCUT2D eigenvalue weighted by atomic mass is 10.3. The molecule has 0 atom stereocenters. The molecule has 22 heavy (non-hydrogen) atoms. The van der Waals surface area contributed by atoms with E-state index in [2.05, 4.69) is 10.3 Å². The van der Waals surface area contributed by atoms with Crippen LogP contribution < -0.4 is 5.32 Å². The van der Waals surface area contributed by atoms with Crippen LogP contribution in [0.3, 0.4) is 0 Å². The highest BCUT2D eigenvalue weighted by Crippen LogP contribution is 2.22. The standard InChI is InChI=1S/C14H11N3O5/c1-2-12-16-9-7-8(3-4-10(9)21-12)15-14(18)11-5-6-13(22-11)17(19)20/h3-7H,2H2,1H3,(H,15,18). The van der Waals surface area contributed by atoms with E-state index in [9.17, 15) is 14.9 Å². The minimum absolute atomic E-state index is 0.138. The number of hydrogen-bond acceptors (Lipinski definition) is 6. The number of hydrogen-bond donors (Lipinski definition) is 1. The molecule has 1 aromatic carbocycles. The number of rotatable bonds is 4. The summed E-state index contributed by atoms with van der Waals surface area (Å²) in [4.78, 5) is 26.1. The van der Waals surface area contributed by atoms with Crippen molar-refractivity contribution in [2.24, 2.45) is 0 Å². The number of fused-ring (bicyclic) bond motifs is 1. The molecule has 1 amide bonds. The number of carbonyl (C=O) groups excluding carboxylic acids is 1. The summed E-state index contributed by atoms with van der Waals surface area (Å²) in [6.45, 7) is 1.93. The summed E-state index contributed by atoms with van der Waals surface area (Å²) in [7, 11) is 0. The highest BCUT2D eigenvalue weighted by atomic mass is 16.6. The summed E-state index contributed by atoms with van der Waals surface area (Å²) < 4.78 is 10.3. The highest BCUT2D eigenvalue weighted by Gasteiger charge is 2.17.